The van der Waals surface area contributed by atoms with Crippen LogP contribution in [0.2, 0.25) is 0 Å². The number of carbonyl (C=O) groups excluding carboxylic acids is 2. The number of unbranched alkanes of at least 4 members (excludes halogenated alkanes) is 2. The lowest BCUT2D eigenvalue weighted by molar-refractivity contribution is -0.118. The van der Waals surface area contributed by atoms with Gasteiger partial charge in [-0.3, -0.25) is 9.59 Å². The molecular weight excluding hydrogens is 564 g/mol. The van der Waals surface area contributed by atoms with Gasteiger partial charge in [0.15, 0.2) is 0 Å². The molecule has 4 atom stereocenters. The van der Waals surface area contributed by atoms with Crippen LogP contribution in [-0.4, -0.2) is 11.8 Å². The first-order chi connectivity index (χ1) is 17.9. The number of halogens is 1. The molecule has 4 nitrogen and oxygen atoms in total. The SMILES string of the molecule is CCCCC(CC)Cc1sc(CC(CC)CCCC)c(C2NC(=O)C3=C2C(=O)NC3c2cccs2)c1Br. The van der Waals surface area contributed by atoms with E-state index in [4.69, 9.17) is 0 Å². The van der Waals surface area contributed by atoms with Gasteiger partial charge in [0.1, 0.15) is 0 Å². The second kappa shape index (κ2) is 13.1. The minimum absolute atomic E-state index is 0.116. The highest BCUT2D eigenvalue weighted by Gasteiger charge is 2.48. The Kier molecular flexibility index (Phi) is 10.1. The molecule has 0 spiro atoms. The van der Waals surface area contributed by atoms with Crippen LogP contribution in [0.1, 0.15) is 111 Å². The third-order valence-electron chi connectivity index (χ3n) is 8.09. The zero-order chi connectivity index (χ0) is 26.5. The second-order valence-electron chi connectivity index (χ2n) is 10.6. The lowest BCUT2D eigenvalue weighted by Crippen LogP contribution is -2.33. The maximum absolute atomic E-state index is 13.3. The molecule has 37 heavy (non-hydrogen) atoms. The van der Waals surface area contributed by atoms with Crippen LogP contribution in [0, 0.1) is 11.8 Å². The van der Waals surface area contributed by atoms with Crippen molar-refractivity contribution in [2.24, 2.45) is 11.8 Å². The number of amides is 2. The first kappa shape index (κ1) is 28.6. The molecule has 0 fully saturated rings. The van der Waals surface area contributed by atoms with E-state index in [-0.39, 0.29) is 23.9 Å². The molecule has 2 aliphatic heterocycles. The molecule has 2 aliphatic rings. The summed E-state index contributed by atoms with van der Waals surface area (Å²) in [6.07, 6.45) is 11.8. The van der Waals surface area contributed by atoms with Crippen molar-refractivity contribution in [3.63, 3.8) is 0 Å². The largest absolute Gasteiger partial charge is 0.341 e. The molecule has 2 aromatic rings. The number of carbonyl (C=O) groups is 2. The van der Waals surface area contributed by atoms with Crippen LogP contribution in [0.25, 0.3) is 0 Å². The molecule has 202 valence electrons. The highest BCUT2D eigenvalue weighted by Crippen LogP contribution is 2.48. The van der Waals surface area contributed by atoms with Gasteiger partial charge in [0, 0.05) is 24.7 Å². The van der Waals surface area contributed by atoms with Gasteiger partial charge in [-0.25, -0.2) is 0 Å². The van der Waals surface area contributed by atoms with Crippen LogP contribution >= 0.6 is 38.6 Å². The fourth-order valence-electron chi connectivity index (χ4n) is 5.77. The summed E-state index contributed by atoms with van der Waals surface area (Å²) < 4.78 is 1.11. The van der Waals surface area contributed by atoms with Gasteiger partial charge in [-0.1, -0.05) is 85.1 Å². The molecule has 2 N–H and O–H groups in total. The number of hydrogen-bond donors (Lipinski definition) is 2. The van der Waals surface area contributed by atoms with E-state index in [2.05, 4.69) is 54.3 Å². The van der Waals surface area contributed by atoms with Crippen molar-refractivity contribution in [1.82, 2.24) is 10.6 Å². The van der Waals surface area contributed by atoms with Crippen molar-refractivity contribution < 1.29 is 9.59 Å². The monoisotopic (exact) mass is 604 g/mol. The van der Waals surface area contributed by atoms with Crippen LogP contribution in [0.3, 0.4) is 0 Å². The van der Waals surface area contributed by atoms with Crippen molar-refractivity contribution in [2.45, 2.75) is 104 Å². The van der Waals surface area contributed by atoms with Crippen LogP contribution in [0.4, 0.5) is 0 Å². The fraction of sp³-hybridized carbons (Fsp3) is 0.600. The molecule has 2 amide bonds. The van der Waals surface area contributed by atoms with E-state index in [9.17, 15) is 9.59 Å². The van der Waals surface area contributed by atoms with E-state index in [0.717, 1.165) is 34.2 Å². The lowest BCUT2D eigenvalue weighted by Gasteiger charge is -2.20. The minimum atomic E-state index is -0.388. The molecular formula is C30H41BrN2O2S2. The van der Waals surface area contributed by atoms with Crippen molar-refractivity contribution in [1.29, 1.82) is 0 Å². The maximum atomic E-state index is 13.3. The smallest absolute Gasteiger partial charge is 0.251 e. The van der Waals surface area contributed by atoms with Crippen molar-refractivity contribution in [2.75, 3.05) is 0 Å². The standard InChI is InChI=1S/C30H41BrN2O2S2/c1-5-9-12-18(7-3)16-21-23(26(31)22(37-21)17-19(8-4)13-10-6-2)28-25-24(29(34)33-28)27(32-30(25)35)20-14-11-15-36-20/h11,14-15,18-19,27-28H,5-10,12-13,16-17H2,1-4H3,(H,32,35)(H,33,34). The quantitative estimate of drug-likeness (QED) is 0.227. The van der Waals surface area contributed by atoms with Crippen LogP contribution in [0.5, 0.6) is 0 Å². The Labute approximate surface area is 238 Å². The van der Waals surface area contributed by atoms with E-state index in [1.54, 1.807) is 11.3 Å². The Morgan fingerprint density at radius 1 is 0.865 bits per heavy atom. The van der Waals surface area contributed by atoms with Gasteiger partial charge in [-0.15, -0.1) is 22.7 Å². The Morgan fingerprint density at radius 2 is 1.43 bits per heavy atom. The summed E-state index contributed by atoms with van der Waals surface area (Å²) in [5, 5.41) is 8.33. The number of rotatable bonds is 14. The summed E-state index contributed by atoms with van der Waals surface area (Å²) in [4.78, 5) is 30.3. The van der Waals surface area contributed by atoms with Gasteiger partial charge in [-0.05, 0) is 52.1 Å². The zero-order valence-corrected chi connectivity index (χ0v) is 25.8. The predicted octanol–water partition coefficient (Wildman–Crippen LogP) is 8.43. The van der Waals surface area contributed by atoms with Gasteiger partial charge in [-0.2, -0.15) is 0 Å². The van der Waals surface area contributed by atoms with E-state index in [1.807, 2.05) is 28.8 Å². The molecule has 0 aliphatic carbocycles. The molecule has 4 heterocycles. The summed E-state index contributed by atoms with van der Waals surface area (Å²) in [5.41, 5.74) is 2.35. The zero-order valence-electron chi connectivity index (χ0n) is 22.6. The molecule has 0 bridgehead atoms. The predicted molar refractivity (Wildman–Crippen MR) is 159 cm³/mol. The van der Waals surface area contributed by atoms with Gasteiger partial charge >= 0.3 is 0 Å². The molecule has 0 saturated carbocycles. The van der Waals surface area contributed by atoms with Gasteiger partial charge < -0.3 is 10.6 Å². The third-order valence-corrected chi connectivity index (χ3v) is 11.4. The van der Waals surface area contributed by atoms with Crippen LogP contribution < -0.4 is 10.6 Å². The van der Waals surface area contributed by atoms with E-state index in [1.165, 1.54) is 54.7 Å². The first-order valence-corrected chi connectivity index (χ1v) is 16.6. The Hall–Kier alpha value is -1.44. The van der Waals surface area contributed by atoms with Crippen molar-refractivity contribution >= 4 is 50.4 Å². The highest BCUT2D eigenvalue weighted by atomic mass is 79.9. The molecule has 0 radical (unpaired) electrons. The fourth-order valence-corrected chi connectivity index (χ4v) is 9.02. The van der Waals surface area contributed by atoms with Gasteiger partial charge in [0.2, 0.25) is 0 Å². The van der Waals surface area contributed by atoms with E-state index < -0.39 is 0 Å². The Balaban J connectivity index is 1.73. The topological polar surface area (TPSA) is 58.2 Å². The van der Waals surface area contributed by atoms with E-state index in [0.29, 0.717) is 23.0 Å². The summed E-state index contributed by atoms with van der Waals surface area (Å²) in [5.74, 6) is 1.04. The highest BCUT2D eigenvalue weighted by molar-refractivity contribution is 9.10. The number of nitrogens with one attached hydrogen (secondary N) is 2. The van der Waals surface area contributed by atoms with Gasteiger partial charge in [0.25, 0.3) is 11.8 Å². The van der Waals surface area contributed by atoms with Crippen LogP contribution in [-0.2, 0) is 22.4 Å². The average molecular weight is 606 g/mol. The molecule has 0 aromatic carbocycles. The maximum Gasteiger partial charge on any atom is 0.251 e. The number of hydrogen-bond acceptors (Lipinski definition) is 4. The summed E-state index contributed by atoms with van der Waals surface area (Å²) in [7, 11) is 0. The summed E-state index contributed by atoms with van der Waals surface area (Å²) in [6.45, 7) is 9.10. The molecule has 4 rings (SSSR count). The van der Waals surface area contributed by atoms with Crippen molar-refractivity contribution in [3.8, 4) is 0 Å². The van der Waals surface area contributed by atoms with E-state index >= 15 is 0 Å². The molecule has 4 unspecified atom stereocenters. The first-order valence-electron chi connectivity index (χ1n) is 14.1. The lowest BCUT2D eigenvalue weighted by atomic mass is 9.90. The Morgan fingerprint density at radius 3 is 1.97 bits per heavy atom. The van der Waals surface area contributed by atoms with Crippen LogP contribution in [0.15, 0.2) is 33.1 Å². The number of thiophene rings is 2. The Bertz CT molecular complexity index is 1120. The van der Waals surface area contributed by atoms with Crippen molar-refractivity contribution in [3.05, 3.63) is 53.3 Å². The summed E-state index contributed by atoms with van der Waals surface area (Å²) >= 11 is 7.49. The third kappa shape index (κ3) is 6.09. The average Bonchev–Trinajstić information content (AvgIpc) is 3.66. The minimum Gasteiger partial charge on any atom is -0.341 e. The summed E-state index contributed by atoms with van der Waals surface area (Å²) in [6, 6.07) is 3.23. The second-order valence-corrected chi connectivity index (χ2v) is 13.5. The molecule has 7 heteroatoms. The van der Waals surface area contributed by atoms with Gasteiger partial charge in [0.05, 0.1) is 23.2 Å². The normalized spacial score (nSPS) is 20.8. The molecule has 0 saturated heterocycles. The molecule has 2 aromatic heterocycles.